The van der Waals surface area contributed by atoms with Crippen LogP contribution in [0.15, 0.2) is 54.6 Å². The molecule has 0 aromatic heterocycles. The van der Waals surface area contributed by atoms with Crippen LogP contribution < -0.4 is 5.73 Å². The van der Waals surface area contributed by atoms with Crippen molar-refractivity contribution in [1.29, 1.82) is 0 Å². The van der Waals surface area contributed by atoms with Crippen LogP contribution in [0.5, 0.6) is 0 Å². The Balaban J connectivity index is 1.69. The topological polar surface area (TPSA) is 29.3 Å². The maximum Gasteiger partial charge on any atom is 0.0234 e. The van der Waals surface area contributed by atoms with Crippen LogP contribution in [0.25, 0.3) is 11.1 Å². The zero-order valence-corrected chi connectivity index (χ0v) is 11.1. The van der Waals surface area contributed by atoms with Crippen molar-refractivity contribution in [2.45, 2.75) is 19.0 Å². The molecule has 0 aliphatic carbocycles. The fourth-order valence-corrected chi connectivity index (χ4v) is 2.70. The van der Waals surface area contributed by atoms with Crippen LogP contribution in [-0.4, -0.2) is 24.0 Å². The number of hydrogen-bond donors (Lipinski definition) is 1. The van der Waals surface area contributed by atoms with Gasteiger partial charge in [-0.1, -0.05) is 54.6 Å². The molecule has 1 aliphatic heterocycles. The summed E-state index contributed by atoms with van der Waals surface area (Å²) < 4.78 is 0. The summed E-state index contributed by atoms with van der Waals surface area (Å²) in [7, 11) is 0. The van der Waals surface area contributed by atoms with Crippen LogP contribution in [0.2, 0.25) is 0 Å². The average Bonchev–Trinajstić information content (AvgIpc) is 2.86. The van der Waals surface area contributed by atoms with E-state index in [2.05, 4.69) is 59.5 Å². The van der Waals surface area contributed by atoms with E-state index in [1.165, 1.54) is 16.7 Å². The molecule has 98 valence electrons. The van der Waals surface area contributed by atoms with E-state index in [1.807, 2.05) is 0 Å². The van der Waals surface area contributed by atoms with Gasteiger partial charge in [-0.2, -0.15) is 0 Å². The molecule has 1 aliphatic rings. The first-order valence-electron chi connectivity index (χ1n) is 6.93. The van der Waals surface area contributed by atoms with Gasteiger partial charge >= 0.3 is 0 Å². The Morgan fingerprint density at radius 3 is 2.26 bits per heavy atom. The first-order valence-corrected chi connectivity index (χ1v) is 6.93. The number of nitrogens with two attached hydrogens (primary N) is 1. The lowest BCUT2D eigenvalue weighted by Gasteiger charge is -2.15. The molecule has 0 spiro atoms. The van der Waals surface area contributed by atoms with Gasteiger partial charge in [0.25, 0.3) is 0 Å². The highest BCUT2D eigenvalue weighted by molar-refractivity contribution is 5.63. The second-order valence-corrected chi connectivity index (χ2v) is 5.35. The number of benzene rings is 2. The van der Waals surface area contributed by atoms with Crippen LogP contribution in [-0.2, 0) is 6.54 Å². The molecular formula is C17H20N2. The van der Waals surface area contributed by atoms with Gasteiger partial charge in [0.05, 0.1) is 0 Å². The van der Waals surface area contributed by atoms with Gasteiger partial charge in [-0.25, -0.2) is 0 Å². The molecular weight excluding hydrogens is 232 g/mol. The normalized spacial score (nSPS) is 19.7. The predicted octanol–water partition coefficient (Wildman–Crippen LogP) is 2.89. The summed E-state index contributed by atoms with van der Waals surface area (Å²) in [6.45, 7) is 3.17. The Morgan fingerprint density at radius 2 is 1.63 bits per heavy atom. The van der Waals surface area contributed by atoms with E-state index >= 15 is 0 Å². The van der Waals surface area contributed by atoms with Crippen molar-refractivity contribution in [1.82, 2.24) is 4.90 Å². The molecule has 3 rings (SSSR count). The number of hydrogen-bond acceptors (Lipinski definition) is 2. The van der Waals surface area contributed by atoms with Gasteiger partial charge in [0.1, 0.15) is 0 Å². The quantitative estimate of drug-likeness (QED) is 0.910. The van der Waals surface area contributed by atoms with Crippen molar-refractivity contribution in [3.8, 4) is 11.1 Å². The molecule has 2 aromatic rings. The summed E-state index contributed by atoms with van der Waals surface area (Å²) in [5, 5.41) is 0. The maximum atomic E-state index is 5.94. The minimum absolute atomic E-state index is 0.364. The van der Waals surface area contributed by atoms with Gasteiger partial charge < -0.3 is 5.73 Å². The van der Waals surface area contributed by atoms with E-state index in [-0.39, 0.29) is 0 Å². The Morgan fingerprint density at radius 1 is 0.947 bits per heavy atom. The third-order valence-electron chi connectivity index (χ3n) is 3.78. The van der Waals surface area contributed by atoms with E-state index in [0.717, 1.165) is 26.1 Å². The molecule has 19 heavy (non-hydrogen) atoms. The van der Waals surface area contributed by atoms with Gasteiger partial charge in [0, 0.05) is 25.7 Å². The highest BCUT2D eigenvalue weighted by Gasteiger charge is 2.18. The lowest BCUT2D eigenvalue weighted by atomic mass is 10.0. The molecule has 1 saturated heterocycles. The Bertz CT molecular complexity index is 519. The minimum Gasteiger partial charge on any atom is -0.326 e. The summed E-state index contributed by atoms with van der Waals surface area (Å²) in [5.41, 5.74) is 9.86. The molecule has 1 atom stereocenters. The molecule has 0 unspecified atom stereocenters. The first-order chi connectivity index (χ1) is 9.31. The second-order valence-electron chi connectivity index (χ2n) is 5.35. The Hall–Kier alpha value is -1.64. The molecule has 1 fully saturated rings. The van der Waals surface area contributed by atoms with Gasteiger partial charge in [0.15, 0.2) is 0 Å². The van der Waals surface area contributed by atoms with Crippen molar-refractivity contribution < 1.29 is 0 Å². The van der Waals surface area contributed by atoms with Crippen molar-refractivity contribution in [2.75, 3.05) is 13.1 Å². The molecule has 0 amide bonds. The zero-order valence-electron chi connectivity index (χ0n) is 11.1. The summed E-state index contributed by atoms with van der Waals surface area (Å²) >= 11 is 0. The van der Waals surface area contributed by atoms with E-state index in [4.69, 9.17) is 5.73 Å². The predicted molar refractivity (Wildman–Crippen MR) is 79.7 cm³/mol. The molecule has 0 bridgehead atoms. The van der Waals surface area contributed by atoms with Crippen LogP contribution in [0, 0.1) is 0 Å². The molecule has 0 radical (unpaired) electrons. The smallest absolute Gasteiger partial charge is 0.0234 e. The summed E-state index contributed by atoms with van der Waals surface area (Å²) in [4.78, 5) is 2.43. The molecule has 0 saturated carbocycles. The largest absolute Gasteiger partial charge is 0.326 e. The lowest BCUT2D eigenvalue weighted by Crippen LogP contribution is -2.26. The van der Waals surface area contributed by atoms with Crippen LogP contribution in [0.1, 0.15) is 12.0 Å². The highest BCUT2D eigenvalue weighted by Crippen LogP contribution is 2.20. The molecule has 2 nitrogen and oxygen atoms in total. The molecule has 2 aromatic carbocycles. The highest BCUT2D eigenvalue weighted by atomic mass is 15.2. The molecule has 2 N–H and O–H groups in total. The fourth-order valence-electron chi connectivity index (χ4n) is 2.70. The standard InChI is InChI=1S/C17H20N2/c18-17-10-11-19(13-17)12-14-6-8-16(9-7-14)15-4-2-1-3-5-15/h1-9,17H,10-13,18H2/t17-/m1/s1. The summed E-state index contributed by atoms with van der Waals surface area (Å²) in [5.74, 6) is 0. The third-order valence-corrected chi connectivity index (χ3v) is 3.78. The first kappa shape index (κ1) is 12.4. The zero-order chi connectivity index (χ0) is 13.1. The van der Waals surface area contributed by atoms with Gasteiger partial charge in [-0.05, 0) is 23.1 Å². The van der Waals surface area contributed by atoms with Crippen LogP contribution >= 0.6 is 0 Å². The number of rotatable bonds is 3. The summed E-state index contributed by atoms with van der Waals surface area (Å²) in [6.07, 6.45) is 1.13. The SMILES string of the molecule is N[C@@H]1CCN(Cc2ccc(-c3ccccc3)cc2)C1. The fraction of sp³-hybridized carbons (Fsp3) is 0.294. The third kappa shape index (κ3) is 3.03. The Labute approximate surface area is 114 Å². The van der Waals surface area contributed by atoms with E-state index in [0.29, 0.717) is 6.04 Å². The van der Waals surface area contributed by atoms with E-state index in [9.17, 15) is 0 Å². The van der Waals surface area contributed by atoms with Gasteiger partial charge in [-0.15, -0.1) is 0 Å². The van der Waals surface area contributed by atoms with Crippen molar-refractivity contribution in [3.63, 3.8) is 0 Å². The van der Waals surface area contributed by atoms with Crippen molar-refractivity contribution >= 4 is 0 Å². The average molecular weight is 252 g/mol. The Kier molecular flexibility index (Phi) is 3.62. The van der Waals surface area contributed by atoms with E-state index < -0.39 is 0 Å². The van der Waals surface area contributed by atoms with Crippen molar-refractivity contribution in [3.05, 3.63) is 60.2 Å². The van der Waals surface area contributed by atoms with Gasteiger partial charge in [0.2, 0.25) is 0 Å². The lowest BCUT2D eigenvalue weighted by molar-refractivity contribution is 0.327. The number of likely N-dealkylation sites (tertiary alicyclic amines) is 1. The monoisotopic (exact) mass is 252 g/mol. The minimum atomic E-state index is 0.364. The second kappa shape index (κ2) is 5.55. The molecule has 1 heterocycles. The summed E-state index contributed by atoms with van der Waals surface area (Å²) in [6, 6.07) is 19.7. The van der Waals surface area contributed by atoms with Crippen LogP contribution in [0.4, 0.5) is 0 Å². The van der Waals surface area contributed by atoms with Crippen LogP contribution in [0.3, 0.4) is 0 Å². The number of nitrogens with zero attached hydrogens (tertiary/aromatic N) is 1. The maximum absolute atomic E-state index is 5.94. The van der Waals surface area contributed by atoms with Crippen molar-refractivity contribution in [2.24, 2.45) is 5.73 Å². The van der Waals surface area contributed by atoms with Gasteiger partial charge in [-0.3, -0.25) is 4.90 Å². The van der Waals surface area contributed by atoms with E-state index in [1.54, 1.807) is 0 Å². The molecule has 2 heteroatoms.